The largest absolute Gasteiger partial charge is 0.487 e. The van der Waals surface area contributed by atoms with Crippen molar-refractivity contribution in [3.8, 4) is 5.75 Å². The highest BCUT2D eigenvalue weighted by Gasteiger charge is 2.31. The molecule has 0 spiro atoms. The van der Waals surface area contributed by atoms with Gasteiger partial charge >= 0.3 is 5.97 Å². The van der Waals surface area contributed by atoms with E-state index < -0.39 is 5.97 Å². The fourth-order valence-corrected chi connectivity index (χ4v) is 2.41. The second-order valence-corrected chi connectivity index (χ2v) is 5.62. The van der Waals surface area contributed by atoms with Gasteiger partial charge < -0.3 is 15.2 Å². The van der Waals surface area contributed by atoms with E-state index in [0.29, 0.717) is 13.0 Å². The summed E-state index contributed by atoms with van der Waals surface area (Å²) in [6, 6.07) is 6.22. The van der Waals surface area contributed by atoms with Crippen molar-refractivity contribution in [2.45, 2.75) is 45.3 Å². The van der Waals surface area contributed by atoms with E-state index in [-0.39, 0.29) is 12.0 Å². The molecule has 0 saturated heterocycles. The van der Waals surface area contributed by atoms with Gasteiger partial charge in [0.15, 0.2) is 0 Å². The van der Waals surface area contributed by atoms with Crippen LogP contribution in [-0.2, 0) is 17.8 Å². The molecule has 2 rings (SSSR count). The minimum Gasteiger partial charge on any atom is -0.487 e. The zero-order chi connectivity index (χ0) is 13.9. The van der Waals surface area contributed by atoms with Gasteiger partial charge in [-0.05, 0) is 32.4 Å². The molecule has 0 radical (unpaired) electrons. The predicted octanol–water partition coefficient (Wildman–Crippen LogP) is 2.35. The minimum atomic E-state index is -0.743. The Hall–Kier alpha value is -1.55. The Labute approximate surface area is 113 Å². The maximum absolute atomic E-state index is 10.4. The van der Waals surface area contributed by atoms with Crippen LogP contribution in [-0.4, -0.2) is 23.2 Å². The monoisotopic (exact) mass is 263 g/mol. The van der Waals surface area contributed by atoms with Crippen LogP contribution in [0, 0.1) is 0 Å². The van der Waals surface area contributed by atoms with E-state index in [0.717, 1.165) is 24.3 Å². The topological polar surface area (TPSA) is 58.6 Å². The van der Waals surface area contributed by atoms with Gasteiger partial charge in [0.05, 0.1) is 0 Å². The number of rotatable bonds is 6. The first-order chi connectivity index (χ1) is 8.98. The molecule has 4 heteroatoms. The summed E-state index contributed by atoms with van der Waals surface area (Å²) in [4.78, 5) is 10.4. The lowest BCUT2D eigenvalue weighted by Crippen LogP contribution is -2.25. The second kappa shape index (κ2) is 5.61. The fourth-order valence-electron chi connectivity index (χ4n) is 2.41. The number of benzene rings is 1. The van der Waals surface area contributed by atoms with Crippen LogP contribution in [0.3, 0.4) is 0 Å². The van der Waals surface area contributed by atoms with Gasteiger partial charge in [-0.3, -0.25) is 4.79 Å². The molecule has 1 aromatic carbocycles. The standard InChI is InChI=1S/C15H21NO3/c1-15(2)9-11-5-3-6-12(14(11)19-15)10-16-8-4-7-13(17)18/h3,5-6,16H,4,7-10H2,1-2H3,(H,17,18). The van der Waals surface area contributed by atoms with E-state index in [9.17, 15) is 4.79 Å². The maximum Gasteiger partial charge on any atom is 0.303 e. The fraction of sp³-hybridized carbons (Fsp3) is 0.533. The summed E-state index contributed by atoms with van der Waals surface area (Å²) in [7, 11) is 0. The van der Waals surface area contributed by atoms with Crippen molar-refractivity contribution in [2.75, 3.05) is 6.54 Å². The van der Waals surface area contributed by atoms with Crippen LogP contribution in [0.4, 0.5) is 0 Å². The highest BCUT2D eigenvalue weighted by molar-refractivity contribution is 5.66. The molecular weight excluding hydrogens is 242 g/mol. The third-order valence-electron chi connectivity index (χ3n) is 3.23. The molecule has 19 heavy (non-hydrogen) atoms. The molecule has 104 valence electrons. The second-order valence-electron chi connectivity index (χ2n) is 5.62. The van der Waals surface area contributed by atoms with Gasteiger partial charge in [-0.15, -0.1) is 0 Å². The lowest BCUT2D eigenvalue weighted by atomic mass is 10.0. The zero-order valence-corrected chi connectivity index (χ0v) is 11.5. The van der Waals surface area contributed by atoms with E-state index in [1.165, 1.54) is 5.56 Å². The molecule has 1 heterocycles. The minimum absolute atomic E-state index is 0.123. The number of hydrogen-bond acceptors (Lipinski definition) is 3. The van der Waals surface area contributed by atoms with E-state index in [1.54, 1.807) is 0 Å². The van der Waals surface area contributed by atoms with Gasteiger partial charge in [0.25, 0.3) is 0 Å². The summed E-state index contributed by atoms with van der Waals surface area (Å²) < 4.78 is 5.99. The van der Waals surface area contributed by atoms with Crippen LogP contribution in [0.1, 0.15) is 37.8 Å². The van der Waals surface area contributed by atoms with Gasteiger partial charge in [-0.2, -0.15) is 0 Å². The lowest BCUT2D eigenvalue weighted by Gasteiger charge is -2.18. The van der Waals surface area contributed by atoms with Crippen molar-refractivity contribution in [1.29, 1.82) is 0 Å². The summed E-state index contributed by atoms with van der Waals surface area (Å²) in [6.07, 6.45) is 1.80. The van der Waals surface area contributed by atoms with Gasteiger partial charge in [0.2, 0.25) is 0 Å². The van der Waals surface area contributed by atoms with Crippen molar-refractivity contribution in [2.24, 2.45) is 0 Å². The van der Waals surface area contributed by atoms with Crippen molar-refractivity contribution in [3.63, 3.8) is 0 Å². The molecule has 1 aliphatic rings. The molecule has 1 aromatic rings. The van der Waals surface area contributed by atoms with Crippen molar-refractivity contribution in [3.05, 3.63) is 29.3 Å². The maximum atomic E-state index is 10.4. The molecule has 0 unspecified atom stereocenters. The number of nitrogens with one attached hydrogen (secondary N) is 1. The summed E-state index contributed by atoms with van der Waals surface area (Å²) in [5.74, 6) is 0.255. The SMILES string of the molecule is CC1(C)Cc2cccc(CNCCCC(=O)O)c2O1. The average molecular weight is 263 g/mol. The molecule has 2 N–H and O–H groups in total. The van der Waals surface area contributed by atoms with Crippen molar-refractivity contribution >= 4 is 5.97 Å². The van der Waals surface area contributed by atoms with Crippen LogP contribution in [0.2, 0.25) is 0 Å². The molecule has 0 aliphatic carbocycles. The molecule has 1 aliphatic heterocycles. The Kier molecular flexibility index (Phi) is 4.10. The first-order valence-electron chi connectivity index (χ1n) is 6.70. The normalized spacial score (nSPS) is 15.9. The molecule has 0 amide bonds. The Morgan fingerprint density at radius 1 is 1.47 bits per heavy atom. The summed E-state index contributed by atoms with van der Waals surface area (Å²) >= 11 is 0. The Morgan fingerprint density at radius 2 is 2.26 bits per heavy atom. The molecular formula is C15H21NO3. The van der Waals surface area contributed by atoms with E-state index in [1.807, 2.05) is 0 Å². The third kappa shape index (κ3) is 3.70. The molecule has 4 nitrogen and oxygen atoms in total. The number of para-hydroxylation sites is 1. The number of carboxylic acid groups (broad SMARTS) is 1. The summed E-state index contributed by atoms with van der Waals surface area (Å²) in [6.45, 7) is 5.62. The number of fused-ring (bicyclic) bond motifs is 1. The van der Waals surface area contributed by atoms with E-state index in [2.05, 4.69) is 37.4 Å². The summed E-state index contributed by atoms with van der Waals surface area (Å²) in [5, 5.41) is 11.8. The molecule has 0 aromatic heterocycles. The van der Waals surface area contributed by atoms with E-state index in [4.69, 9.17) is 9.84 Å². The molecule has 0 saturated carbocycles. The summed E-state index contributed by atoms with van der Waals surface area (Å²) in [5.41, 5.74) is 2.29. The number of carboxylic acids is 1. The first-order valence-corrected chi connectivity index (χ1v) is 6.70. The Balaban J connectivity index is 1.89. The molecule has 0 atom stereocenters. The van der Waals surface area contributed by atoms with Gasteiger partial charge in [0, 0.05) is 24.9 Å². The van der Waals surface area contributed by atoms with Crippen LogP contribution < -0.4 is 10.1 Å². The molecule has 0 bridgehead atoms. The number of hydrogen-bond donors (Lipinski definition) is 2. The van der Waals surface area contributed by atoms with E-state index >= 15 is 0 Å². The van der Waals surface area contributed by atoms with Gasteiger partial charge in [-0.25, -0.2) is 0 Å². The van der Waals surface area contributed by atoms with Gasteiger partial charge in [0.1, 0.15) is 11.4 Å². The first kappa shape index (κ1) is 13.9. The smallest absolute Gasteiger partial charge is 0.303 e. The quantitative estimate of drug-likeness (QED) is 0.774. The third-order valence-corrected chi connectivity index (χ3v) is 3.23. The van der Waals surface area contributed by atoms with Gasteiger partial charge in [-0.1, -0.05) is 18.2 Å². The zero-order valence-electron chi connectivity index (χ0n) is 11.5. The predicted molar refractivity (Wildman–Crippen MR) is 73.4 cm³/mol. The van der Waals surface area contributed by atoms with Crippen LogP contribution in [0.5, 0.6) is 5.75 Å². The lowest BCUT2D eigenvalue weighted by molar-refractivity contribution is -0.137. The van der Waals surface area contributed by atoms with Crippen LogP contribution in [0.15, 0.2) is 18.2 Å². The number of carbonyl (C=O) groups is 1. The highest BCUT2D eigenvalue weighted by atomic mass is 16.5. The van der Waals surface area contributed by atoms with Crippen LogP contribution in [0.25, 0.3) is 0 Å². The Morgan fingerprint density at radius 3 is 3.00 bits per heavy atom. The van der Waals surface area contributed by atoms with Crippen LogP contribution >= 0.6 is 0 Å². The highest BCUT2D eigenvalue weighted by Crippen LogP contribution is 2.37. The average Bonchev–Trinajstić information content (AvgIpc) is 2.63. The number of ether oxygens (including phenoxy) is 1. The number of aliphatic carboxylic acids is 1. The Bertz CT molecular complexity index is 468. The van der Waals surface area contributed by atoms with Crippen molar-refractivity contribution in [1.82, 2.24) is 5.32 Å². The molecule has 0 fully saturated rings. The van der Waals surface area contributed by atoms with Crippen molar-refractivity contribution < 1.29 is 14.6 Å².